The molecule has 0 aliphatic rings. The van der Waals surface area contributed by atoms with Gasteiger partial charge >= 0.3 is 0 Å². The van der Waals surface area contributed by atoms with Gasteiger partial charge in [0.1, 0.15) is 11.5 Å². The lowest BCUT2D eigenvalue weighted by molar-refractivity contribution is -0.114. The van der Waals surface area contributed by atoms with Gasteiger partial charge in [-0.05, 0) is 60.7 Å². The Hall–Kier alpha value is -3.98. The summed E-state index contributed by atoms with van der Waals surface area (Å²) >= 11 is 13.3. The van der Waals surface area contributed by atoms with Gasteiger partial charge in [0, 0.05) is 27.2 Å². The summed E-state index contributed by atoms with van der Waals surface area (Å²) in [5.41, 5.74) is 1.37. The fourth-order valence-corrected chi connectivity index (χ4v) is 4.46. The maximum Gasteiger partial charge on any atom is 0.272 e. The Kier molecular flexibility index (Phi) is 9.26. The molecule has 3 N–H and O–H groups in total. The number of benzene rings is 3. The van der Waals surface area contributed by atoms with E-state index in [9.17, 15) is 14.4 Å². The minimum absolute atomic E-state index is 0.00563. The van der Waals surface area contributed by atoms with Crippen molar-refractivity contribution in [1.82, 2.24) is 5.32 Å². The van der Waals surface area contributed by atoms with E-state index in [0.29, 0.717) is 32.7 Å². The molecule has 10 heteroatoms. The number of halogens is 2. The number of thioether (sulfide) groups is 1. The summed E-state index contributed by atoms with van der Waals surface area (Å²) in [5.74, 6) is -0.703. The predicted octanol–water partition coefficient (Wildman–Crippen LogP) is 6.73. The largest absolute Gasteiger partial charge is 0.465 e. The zero-order chi connectivity index (χ0) is 26.9. The Morgan fingerprint density at radius 2 is 1.68 bits per heavy atom. The number of carbonyl (C=O) groups is 3. The van der Waals surface area contributed by atoms with E-state index in [4.69, 9.17) is 27.6 Å². The van der Waals surface area contributed by atoms with Gasteiger partial charge in [-0.3, -0.25) is 14.4 Å². The average Bonchev–Trinajstić information content (AvgIpc) is 3.43. The quantitative estimate of drug-likeness (QED) is 0.154. The molecule has 0 radical (unpaired) electrons. The molecule has 3 aromatic carbocycles. The minimum Gasteiger partial charge on any atom is -0.465 e. The summed E-state index contributed by atoms with van der Waals surface area (Å²) in [6, 6.07) is 23.7. The van der Waals surface area contributed by atoms with Gasteiger partial charge in [-0.2, -0.15) is 0 Å². The topological polar surface area (TPSA) is 100 Å². The molecule has 1 heterocycles. The molecule has 0 fully saturated rings. The first-order valence-corrected chi connectivity index (χ1v) is 13.0. The Morgan fingerprint density at radius 1 is 0.868 bits per heavy atom. The van der Waals surface area contributed by atoms with Crippen LogP contribution in [0.15, 0.2) is 106 Å². The van der Waals surface area contributed by atoms with E-state index in [0.717, 1.165) is 4.90 Å². The van der Waals surface area contributed by atoms with Crippen LogP contribution in [-0.4, -0.2) is 23.5 Å². The van der Waals surface area contributed by atoms with Crippen LogP contribution in [0.3, 0.4) is 0 Å². The van der Waals surface area contributed by atoms with E-state index in [1.807, 2.05) is 6.07 Å². The van der Waals surface area contributed by atoms with Crippen LogP contribution in [0.1, 0.15) is 16.1 Å². The number of rotatable bonds is 9. The lowest BCUT2D eigenvalue weighted by atomic mass is 10.2. The number of anilines is 2. The van der Waals surface area contributed by atoms with Crippen molar-refractivity contribution in [1.29, 1.82) is 0 Å². The molecule has 0 aliphatic heterocycles. The molecular formula is C28H21Cl2N3O4S. The predicted molar refractivity (Wildman–Crippen MR) is 151 cm³/mol. The van der Waals surface area contributed by atoms with E-state index in [2.05, 4.69) is 16.0 Å². The number of furan rings is 1. The lowest BCUT2D eigenvalue weighted by Gasteiger charge is -2.12. The van der Waals surface area contributed by atoms with E-state index in [-0.39, 0.29) is 17.4 Å². The van der Waals surface area contributed by atoms with Crippen LogP contribution in [0.4, 0.5) is 11.4 Å². The van der Waals surface area contributed by atoms with E-state index < -0.39 is 11.8 Å². The number of carbonyl (C=O) groups excluding carboxylic acids is 3. The SMILES string of the molecule is O=C(CSc1cccc(NC(=O)/C(=C/c2ccco2)NC(=O)c2ccccc2)c1)Nc1ccc(Cl)cc1Cl. The summed E-state index contributed by atoms with van der Waals surface area (Å²) in [6.07, 6.45) is 2.92. The first kappa shape index (κ1) is 27.1. The van der Waals surface area contributed by atoms with Crippen LogP contribution in [0.25, 0.3) is 6.08 Å². The second-order valence-corrected chi connectivity index (χ2v) is 9.73. The molecule has 7 nitrogen and oxygen atoms in total. The van der Waals surface area contributed by atoms with E-state index in [1.54, 1.807) is 78.9 Å². The molecule has 0 saturated carbocycles. The highest BCUT2D eigenvalue weighted by atomic mass is 35.5. The van der Waals surface area contributed by atoms with Gasteiger partial charge in [0.05, 0.1) is 22.7 Å². The standard InChI is InChI=1S/C28H21Cl2N3O4S/c29-19-11-12-24(23(30)14-19)32-26(34)17-38-22-10-4-8-20(15-22)31-28(36)25(16-21-9-5-13-37-21)33-27(35)18-6-2-1-3-7-18/h1-16H,17H2,(H,31,36)(H,32,34)(H,33,35)/b25-16-. The molecule has 0 saturated heterocycles. The van der Waals surface area contributed by atoms with Gasteiger partial charge in [0.15, 0.2) is 0 Å². The monoisotopic (exact) mass is 565 g/mol. The summed E-state index contributed by atoms with van der Waals surface area (Å²) in [5, 5.41) is 9.00. The molecular weight excluding hydrogens is 545 g/mol. The molecule has 38 heavy (non-hydrogen) atoms. The second-order valence-electron chi connectivity index (χ2n) is 7.84. The zero-order valence-corrected chi connectivity index (χ0v) is 22.1. The van der Waals surface area contributed by atoms with Crippen molar-refractivity contribution in [3.8, 4) is 0 Å². The molecule has 0 bridgehead atoms. The summed E-state index contributed by atoms with van der Waals surface area (Å²) in [7, 11) is 0. The first-order valence-electron chi connectivity index (χ1n) is 11.3. The lowest BCUT2D eigenvalue weighted by Crippen LogP contribution is -2.30. The van der Waals surface area contributed by atoms with Gasteiger partial charge in [0.2, 0.25) is 5.91 Å². The van der Waals surface area contributed by atoms with E-state index >= 15 is 0 Å². The number of hydrogen-bond acceptors (Lipinski definition) is 5. The molecule has 0 unspecified atom stereocenters. The Labute approximate surface area is 233 Å². The van der Waals surface area contributed by atoms with Crippen molar-refractivity contribution in [3.63, 3.8) is 0 Å². The molecule has 0 spiro atoms. The Balaban J connectivity index is 1.41. The number of hydrogen-bond donors (Lipinski definition) is 3. The van der Waals surface area contributed by atoms with Gasteiger partial charge < -0.3 is 20.4 Å². The highest BCUT2D eigenvalue weighted by Gasteiger charge is 2.16. The van der Waals surface area contributed by atoms with Crippen LogP contribution in [-0.2, 0) is 9.59 Å². The van der Waals surface area contributed by atoms with Gasteiger partial charge in [-0.25, -0.2) is 0 Å². The average molecular weight is 566 g/mol. The van der Waals surface area contributed by atoms with Crippen molar-refractivity contribution >= 4 is 70.1 Å². The molecule has 4 rings (SSSR count). The van der Waals surface area contributed by atoms with Crippen LogP contribution in [0, 0.1) is 0 Å². The van der Waals surface area contributed by atoms with E-state index in [1.165, 1.54) is 24.1 Å². The zero-order valence-electron chi connectivity index (χ0n) is 19.7. The molecule has 0 atom stereocenters. The molecule has 3 amide bonds. The van der Waals surface area contributed by atoms with Crippen molar-refractivity contribution in [2.75, 3.05) is 16.4 Å². The van der Waals surface area contributed by atoms with Crippen LogP contribution >= 0.6 is 35.0 Å². The maximum atomic E-state index is 13.1. The second kappa shape index (κ2) is 13.0. The van der Waals surface area contributed by atoms with Gasteiger partial charge in [-0.1, -0.05) is 47.5 Å². The van der Waals surface area contributed by atoms with Crippen LogP contribution in [0.2, 0.25) is 10.0 Å². The number of nitrogens with one attached hydrogen (secondary N) is 3. The highest BCUT2D eigenvalue weighted by Crippen LogP contribution is 2.27. The van der Waals surface area contributed by atoms with Crippen LogP contribution in [0.5, 0.6) is 0 Å². The van der Waals surface area contributed by atoms with Crippen molar-refractivity contribution in [2.45, 2.75) is 4.90 Å². The van der Waals surface area contributed by atoms with Gasteiger partial charge in [-0.15, -0.1) is 11.8 Å². The Bertz CT molecular complexity index is 1470. The fourth-order valence-electron chi connectivity index (χ4n) is 3.25. The van der Waals surface area contributed by atoms with Crippen molar-refractivity contribution in [2.24, 2.45) is 0 Å². The fraction of sp³-hybridized carbons (Fsp3) is 0.0357. The maximum absolute atomic E-state index is 13.1. The highest BCUT2D eigenvalue weighted by molar-refractivity contribution is 8.00. The first-order chi connectivity index (χ1) is 18.4. The Morgan fingerprint density at radius 3 is 2.42 bits per heavy atom. The molecule has 192 valence electrons. The summed E-state index contributed by atoms with van der Waals surface area (Å²) in [4.78, 5) is 39.0. The van der Waals surface area contributed by atoms with Gasteiger partial charge in [0.25, 0.3) is 11.8 Å². The number of amides is 3. The normalized spacial score (nSPS) is 11.1. The summed E-state index contributed by atoms with van der Waals surface area (Å²) < 4.78 is 5.32. The molecule has 1 aromatic heterocycles. The van der Waals surface area contributed by atoms with Crippen molar-refractivity contribution < 1.29 is 18.8 Å². The molecule has 4 aromatic rings. The smallest absolute Gasteiger partial charge is 0.272 e. The third kappa shape index (κ3) is 7.76. The third-order valence-corrected chi connectivity index (χ3v) is 6.57. The van der Waals surface area contributed by atoms with Crippen molar-refractivity contribution in [3.05, 3.63) is 118 Å². The molecule has 0 aliphatic carbocycles. The van der Waals surface area contributed by atoms with Crippen LogP contribution < -0.4 is 16.0 Å². The minimum atomic E-state index is -0.539. The summed E-state index contributed by atoms with van der Waals surface area (Å²) in [6.45, 7) is 0. The third-order valence-electron chi connectivity index (χ3n) is 5.03.